The van der Waals surface area contributed by atoms with Crippen LogP contribution in [0.25, 0.3) is 0 Å². The summed E-state index contributed by atoms with van der Waals surface area (Å²) in [7, 11) is 0. The van der Waals surface area contributed by atoms with Crippen molar-refractivity contribution < 1.29 is 9.53 Å². The van der Waals surface area contributed by atoms with Crippen molar-refractivity contribution in [3.05, 3.63) is 29.8 Å². The Bertz CT molecular complexity index is 458. The fourth-order valence-corrected chi connectivity index (χ4v) is 2.54. The Morgan fingerprint density at radius 2 is 2.05 bits per heavy atom. The van der Waals surface area contributed by atoms with E-state index in [2.05, 4.69) is 26.1 Å². The van der Waals surface area contributed by atoms with Crippen LogP contribution in [0.3, 0.4) is 0 Å². The zero-order chi connectivity index (χ0) is 15.2. The molecule has 0 aliphatic carbocycles. The fourth-order valence-electron chi connectivity index (χ4n) is 2.54. The van der Waals surface area contributed by atoms with Gasteiger partial charge in [-0.15, -0.1) is 0 Å². The van der Waals surface area contributed by atoms with Gasteiger partial charge in [-0.1, -0.05) is 13.3 Å². The van der Waals surface area contributed by atoms with Gasteiger partial charge in [-0.25, -0.2) is 0 Å². The van der Waals surface area contributed by atoms with E-state index in [0.29, 0.717) is 6.04 Å². The van der Waals surface area contributed by atoms with Crippen LogP contribution in [0.1, 0.15) is 44.0 Å². The number of hydrogen-bond donors (Lipinski definition) is 1. The number of rotatable bonds is 5. The van der Waals surface area contributed by atoms with Crippen LogP contribution in [0, 0.1) is 0 Å². The van der Waals surface area contributed by atoms with Crippen LogP contribution in [0.4, 0.5) is 0 Å². The standard InChI is InChI=1S/C17H26N2O2/c1-4-5-12-21-16-8-6-15(7-9-16)17(20)19-11-10-18-13(2)14(19)3/h6-9,13-14,18H,4-5,10-12H2,1-3H3. The summed E-state index contributed by atoms with van der Waals surface area (Å²) in [5.41, 5.74) is 0.735. The number of ether oxygens (including phenoxy) is 1. The van der Waals surface area contributed by atoms with Gasteiger partial charge in [-0.3, -0.25) is 4.79 Å². The molecule has 1 aromatic rings. The van der Waals surface area contributed by atoms with Gasteiger partial charge in [0.05, 0.1) is 6.61 Å². The highest BCUT2D eigenvalue weighted by Gasteiger charge is 2.28. The minimum Gasteiger partial charge on any atom is -0.494 e. The van der Waals surface area contributed by atoms with Gasteiger partial charge >= 0.3 is 0 Å². The molecule has 1 amide bonds. The molecule has 0 aromatic heterocycles. The molecule has 0 saturated carbocycles. The maximum absolute atomic E-state index is 12.6. The normalized spacial score (nSPS) is 22.1. The largest absolute Gasteiger partial charge is 0.494 e. The first-order valence-corrected chi connectivity index (χ1v) is 7.90. The van der Waals surface area contributed by atoms with E-state index >= 15 is 0 Å². The number of carbonyl (C=O) groups excluding carboxylic acids is 1. The molecule has 2 rings (SSSR count). The Hall–Kier alpha value is -1.55. The number of hydrogen-bond acceptors (Lipinski definition) is 3. The molecule has 1 heterocycles. The van der Waals surface area contributed by atoms with Crippen LogP contribution in [-0.2, 0) is 0 Å². The van der Waals surface area contributed by atoms with Gasteiger partial charge in [-0.05, 0) is 44.5 Å². The quantitative estimate of drug-likeness (QED) is 0.848. The Morgan fingerprint density at radius 1 is 1.33 bits per heavy atom. The number of nitrogens with one attached hydrogen (secondary N) is 1. The molecule has 1 saturated heterocycles. The van der Waals surface area contributed by atoms with E-state index < -0.39 is 0 Å². The minimum absolute atomic E-state index is 0.107. The average Bonchev–Trinajstić information content (AvgIpc) is 2.50. The van der Waals surface area contributed by atoms with Crippen molar-refractivity contribution in [2.45, 2.75) is 45.7 Å². The zero-order valence-electron chi connectivity index (χ0n) is 13.3. The summed E-state index contributed by atoms with van der Waals surface area (Å²) in [6.45, 7) is 8.71. The second kappa shape index (κ2) is 7.46. The summed E-state index contributed by atoms with van der Waals surface area (Å²) in [6, 6.07) is 8.05. The highest BCUT2D eigenvalue weighted by molar-refractivity contribution is 5.94. The molecule has 1 N–H and O–H groups in total. The zero-order valence-corrected chi connectivity index (χ0v) is 13.3. The number of carbonyl (C=O) groups is 1. The third kappa shape index (κ3) is 3.97. The van der Waals surface area contributed by atoms with Crippen LogP contribution in [-0.4, -0.2) is 42.6 Å². The van der Waals surface area contributed by atoms with Crippen molar-refractivity contribution in [3.63, 3.8) is 0 Å². The molecule has 0 spiro atoms. The van der Waals surface area contributed by atoms with Crippen LogP contribution >= 0.6 is 0 Å². The maximum atomic E-state index is 12.6. The summed E-state index contributed by atoms with van der Waals surface area (Å²) in [5, 5.41) is 3.39. The molecule has 21 heavy (non-hydrogen) atoms. The summed E-state index contributed by atoms with van der Waals surface area (Å²) >= 11 is 0. The van der Waals surface area contributed by atoms with Crippen molar-refractivity contribution in [2.24, 2.45) is 0 Å². The first-order chi connectivity index (χ1) is 10.1. The minimum atomic E-state index is 0.107. The smallest absolute Gasteiger partial charge is 0.254 e. The van der Waals surface area contributed by atoms with E-state index in [4.69, 9.17) is 4.74 Å². The average molecular weight is 290 g/mol. The third-order valence-corrected chi connectivity index (χ3v) is 4.16. The van der Waals surface area contributed by atoms with Crippen LogP contribution in [0.15, 0.2) is 24.3 Å². The monoisotopic (exact) mass is 290 g/mol. The molecular weight excluding hydrogens is 264 g/mol. The molecule has 2 atom stereocenters. The van der Waals surface area contributed by atoms with E-state index in [1.165, 1.54) is 0 Å². The molecule has 1 fully saturated rings. The number of amides is 1. The maximum Gasteiger partial charge on any atom is 0.254 e. The number of piperazine rings is 1. The van der Waals surface area contributed by atoms with E-state index in [1.54, 1.807) is 0 Å². The predicted octanol–water partition coefficient (Wildman–Crippen LogP) is 2.69. The molecule has 1 aliphatic rings. The van der Waals surface area contributed by atoms with E-state index in [-0.39, 0.29) is 11.9 Å². The Balaban J connectivity index is 1.99. The summed E-state index contributed by atoms with van der Waals surface area (Å²) < 4.78 is 5.63. The first kappa shape index (κ1) is 15.8. The van der Waals surface area contributed by atoms with Crippen molar-refractivity contribution in [1.29, 1.82) is 0 Å². The molecule has 1 aromatic carbocycles. The molecule has 2 unspecified atom stereocenters. The van der Waals surface area contributed by atoms with Gasteiger partial charge in [-0.2, -0.15) is 0 Å². The molecule has 1 aliphatic heterocycles. The number of unbranched alkanes of at least 4 members (excludes halogenated alkanes) is 1. The SMILES string of the molecule is CCCCOc1ccc(C(=O)N2CCNC(C)C2C)cc1. The number of nitrogens with zero attached hydrogens (tertiary/aromatic N) is 1. The second-order valence-electron chi connectivity index (χ2n) is 5.71. The van der Waals surface area contributed by atoms with Gasteiger partial charge in [0.25, 0.3) is 5.91 Å². The highest BCUT2D eigenvalue weighted by atomic mass is 16.5. The Kier molecular flexibility index (Phi) is 5.62. The topological polar surface area (TPSA) is 41.6 Å². The van der Waals surface area contributed by atoms with Gasteiger partial charge in [0.15, 0.2) is 0 Å². The van der Waals surface area contributed by atoms with Crippen molar-refractivity contribution >= 4 is 5.91 Å². The van der Waals surface area contributed by atoms with Gasteiger partial charge in [0.1, 0.15) is 5.75 Å². The summed E-state index contributed by atoms with van der Waals surface area (Å²) in [4.78, 5) is 14.5. The van der Waals surface area contributed by atoms with Crippen molar-refractivity contribution in [1.82, 2.24) is 10.2 Å². The van der Waals surface area contributed by atoms with E-state index in [1.807, 2.05) is 29.2 Å². The van der Waals surface area contributed by atoms with Crippen LogP contribution in [0.2, 0.25) is 0 Å². The summed E-state index contributed by atoms with van der Waals surface area (Å²) in [6.07, 6.45) is 2.17. The molecule has 0 radical (unpaired) electrons. The second-order valence-corrected chi connectivity index (χ2v) is 5.71. The molecular formula is C17H26N2O2. The lowest BCUT2D eigenvalue weighted by Crippen LogP contribution is -2.57. The van der Waals surface area contributed by atoms with Gasteiger partial charge < -0.3 is 15.0 Å². The Morgan fingerprint density at radius 3 is 2.71 bits per heavy atom. The highest BCUT2D eigenvalue weighted by Crippen LogP contribution is 2.17. The lowest BCUT2D eigenvalue weighted by molar-refractivity contribution is 0.0603. The molecule has 116 valence electrons. The van der Waals surface area contributed by atoms with Crippen molar-refractivity contribution in [2.75, 3.05) is 19.7 Å². The van der Waals surface area contributed by atoms with E-state index in [9.17, 15) is 4.79 Å². The molecule has 4 nitrogen and oxygen atoms in total. The van der Waals surface area contributed by atoms with Crippen LogP contribution in [0.5, 0.6) is 5.75 Å². The number of benzene rings is 1. The fraction of sp³-hybridized carbons (Fsp3) is 0.588. The first-order valence-electron chi connectivity index (χ1n) is 7.90. The van der Waals surface area contributed by atoms with E-state index in [0.717, 1.165) is 43.9 Å². The summed E-state index contributed by atoms with van der Waals surface area (Å²) in [5.74, 6) is 0.942. The van der Waals surface area contributed by atoms with Crippen LogP contribution < -0.4 is 10.1 Å². The predicted molar refractivity (Wildman–Crippen MR) is 84.8 cm³/mol. The lowest BCUT2D eigenvalue weighted by atomic mass is 10.1. The lowest BCUT2D eigenvalue weighted by Gasteiger charge is -2.38. The Labute approximate surface area is 127 Å². The van der Waals surface area contributed by atoms with Gasteiger partial charge in [0.2, 0.25) is 0 Å². The third-order valence-electron chi connectivity index (χ3n) is 4.16. The van der Waals surface area contributed by atoms with Gasteiger partial charge in [0, 0.05) is 30.7 Å². The molecule has 0 bridgehead atoms. The van der Waals surface area contributed by atoms with Crippen molar-refractivity contribution in [3.8, 4) is 5.75 Å². The molecule has 4 heteroatoms.